The zero-order valence-electron chi connectivity index (χ0n) is 21.9. The van der Waals surface area contributed by atoms with Crippen LogP contribution in [-0.4, -0.2) is 28.9 Å². The van der Waals surface area contributed by atoms with Crippen molar-refractivity contribution < 1.29 is 27.6 Å². The summed E-state index contributed by atoms with van der Waals surface area (Å²) >= 11 is 1.25. The average molecular weight is 582 g/mol. The van der Waals surface area contributed by atoms with E-state index in [1.54, 1.807) is 31.2 Å². The van der Waals surface area contributed by atoms with Gasteiger partial charge in [0.15, 0.2) is 5.13 Å². The van der Waals surface area contributed by atoms with Crippen molar-refractivity contribution in [3.05, 3.63) is 82.9 Å². The van der Waals surface area contributed by atoms with E-state index in [4.69, 9.17) is 0 Å². The molecule has 12 heteroatoms. The topological polar surface area (TPSA) is 112 Å². The Morgan fingerprint density at radius 3 is 2.34 bits per heavy atom. The van der Waals surface area contributed by atoms with Crippen molar-refractivity contribution in [2.45, 2.75) is 44.8 Å². The van der Waals surface area contributed by atoms with Gasteiger partial charge in [0, 0.05) is 28.5 Å². The smallest absolute Gasteiger partial charge is 0.335 e. The fourth-order valence-corrected chi connectivity index (χ4v) is 5.48. The number of aromatic nitrogens is 1. The van der Waals surface area contributed by atoms with Crippen molar-refractivity contribution in [1.29, 1.82) is 0 Å². The number of rotatable bonds is 6. The number of amides is 4. The SMILES string of the molecule is Cc1ccc(C(=O)Nc2cccc(C(F)(F)F)c2)cc1NC(=O)c1ccc2nc(NC(=O)NC3CCCC3)sc2c1. The van der Waals surface area contributed by atoms with Gasteiger partial charge in [0.05, 0.1) is 15.8 Å². The predicted octanol–water partition coefficient (Wildman–Crippen LogP) is 7.19. The molecule has 0 atom stereocenters. The maximum absolute atomic E-state index is 13.1. The second-order valence-electron chi connectivity index (χ2n) is 9.80. The molecule has 3 aromatic carbocycles. The third kappa shape index (κ3) is 6.83. The highest BCUT2D eigenvalue weighted by Gasteiger charge is 2.30. The zero-order chi connectivity index (χ0) is 29.1. The lowest BCUT2D eigenvalue weighted by atomic mass is 10.1. The summed E-state index contributed by atoms with van der Waals surface area (Å²) in [6.45, 7) is 1.76. The number of halogens is 3. The Bertz CT molecular complexity index is 1630. The number of nitrogens with zero attached hydrogens (tertiary/aromatic N) is 1. The number of hydrogen-bond donors (Lipinski definition) is 4. The second-order valence-corrected chi connectivity index (χ2v) is 10.8. The largest absolute Gasteiger partial charge is 0.416 e. The minimum absolute atomic E-state index is 0.00118. The maximum atomic E-state index is 13.1. The lowest BCUT2D eigenvalue weighted by Crippen LogP contribution is -2.36. The summed E-state index contributed by atoms with van der Waals surface area (Å²) in [5, 5.41) is 11.4. The summed E-state index contributed by atoms with van der Waals surface area (Å²) in [6, 6.07) is 13.8. The quantitative estimate of drug-likeness (QED) is 0.193. The van der Waals surface area contributed by atoms with Gasteiger partial charge in [-0.3, -0.25) is 14.9 Å². The highest BCUT2D eigenvalue weighted by Crippen LogP contribution is 2.31. The molecule has 1 fully saturated rings. The summed E-state index contributed by atoms with van der Waals surface area (Å²) in [7, 11) is 0. The Morgan fingerprint density at radius 2 is 1.59 bits per heavy atom. The van der Waals surface area contributed by atoms with Gasteiger partial charge >= 0.3 is 12.2 Å². The van der Waals surface area contributed by atoms with E-state index < -0.39 is 23.6 Å². The van der Waals surface area contributed by atoms with Gasteiger partial charge in [-0.2, -0.15) is 13.2 Å². The van der Waals surface area contributed by atoms with Crippen molar-refractivity contribution in [2.24, 2.45) is 0 Å². The van der Waals surface area contributed by atoms with E-state index in [1.807, 2.05) is 0 Å². The van der Waals surface area contributed by atoms with Crippen LogP contribution in [0.15, 0.2) is 60.7 Å². The van der Waals surface area contributed by atoms with E-state index in [2.05, 4.69) is 26.3 Å². The minimum Gasteiger partial charge on any atom is -0.335 e. The van der Waals surface area contributed by atoms with Crippen molar-refractivity contribution in [3.63, 3.8) is 0 Å². The average Bonchev–Trinajstić information content (AvgIpc) is 3.58. The number of benzene rings is 3. The molecule has 1 heterocycles. The Morgan fingerprint density at radius 1 is 0.878 bits per heavy atom. The Kier molecular flexibility index (Phi) is 7.93. The fourth-order valence-electron chi connectivity index (χ4n) is 4.58. The third-order valence-corrected chi connectivity index (χ3v) is 7.69. The third-order valence-electron chi connectivity index (χ3n) is 6.76. The van der Waals surface area contributed by atoms with Gasteiger partial charge in [-0.1, -0.05) is 36.3 Å². The molecule has 4 aromatic rings. The molecule has 1 saturated carbocycles. The van der Waals surface area contributed by atoms with Crippen LogP contribution in [0.4, 0.5) is 34.5 Å². The lowest BCUT2D eigenvalue weighted by Gasteiger charge is -2.12. The van der Waals surface area contributed by atoms with E-state index in [1.165, 1.54) is 35.6 Å². The lowest BCUT2D eigenvalue weighted by molar-refractivity contribution is -0.137. The molecule has 1 aromatic heterocycles. The number of thiazole rings is 1. The summed E-state index contributed by atoms with van der Waals surface area (Å²) in [4.78, 5) is 42.6. The van der Waals surface area contributed by atoms with Gasteiger partial charge in [0.25, 0.3) is 11.8 Å². The standard InChI is InChI=1S/C29H26F3N5O3S/c1-16-9-10-17(25(38)33-21-8-4-5-19(15-21)29(30,31)32)13-23(16)35-26(39)18-11-12-22-24(14-18)41-28(36-22)37-27(40)34-20-6-2-3-7-20/h4-5,8-15,20H,2-3,6-7H2,1H3,(H,33,38)(H,35,39)(H2,34,36,37,40). The maximum Gasteiger partial charge on any atom is 0.416 e. The Hall–Kier alpha value is -4.45. The van der Waals surface area contributed by atoms with Crippen LogP contribution < -0.4 is 21.3 Å². The summed E-state index contributed by atoms with van der Waals surface area (Å²) < 4.78 is 39.8. The first-order valence-corrected chi connectivity index (χ1v) is 13.8. The summed E-state index contributed by atoms with van der Waals surface area (Å²) in [5.74, 6) is -1.05. The Labute approximate surface area is 237 Å². The number of alkyl halides is 3. The van der Waals surface area contributed by atoms with Crippen LogP contribution in [0, 0.1) is 6.92 Å². The fraction of sp³-hybridized carbons (Fsp3) is 0.241. The first kappa shape index (κ1) is 28.1. The van der Waals surface area contributed by atoms with Crippen molar-refractivity contribution in [3.8, 4) is 0 Å². The van der Waals surface area contributed by atoms with Crippen LogP contribution >= 0.6 is 11.3 Å². The highest BCUT2D eigenvalue weighted by atomic mass is 32.1. The molecular formula is C29H26F3N5O3S. The highest BCUT2D eigenvalue weighted by molar-refractivity contribution is 7.22. The summed E-state index contributed by atoms with van der Waals surface area (Å²) in [6.07, 6.45) is -0.392. The van der Waals surface area contributed by atoms with Crippen molar-refractivity contribution >= 4 is 55.9 Å². The number of carbonyl (C=O) groups is 3. The molecule has 0 unspecified atom stereocenters. The van der Waals surface area contributed by atoms with Crippen LogP contribution in [0.1, 0.15) is 57.5 Å². The van der Waals surface area contributed by atoms with E-state index in [-0.39, 0.29) is 23.3 Å². The number of anilines is 3. The number of fused-ring (bicyclic) bond motifs is 1. The Balaban J connectivity index is 1.26. The molecule has 5 rings (SSSR count). The monoisotopic (exact) mass is 581 g/mol. The molecule has 0 bridgehead atoms. The summed E-state index contributed by atoms with van der Waals surface area (Å²) in [5.41, 5.74) is 1.33. The molecule has 1 aliphatic rings. The van der Waals surface area contributed by atoms with E-state index in [9.17, 15) is 27.6 Å². The molecule has 1 aliphatic carbocycles. The van der Waals surface area contributed by atoms with Gasteiger partial charge in [0.1, 0.15) is 0 Å². The molecule has 4 amide bonds. The number of nitrogens with one attached hydrogen (secondary N) is 4. The number of urea groups is 1. The van der Waals surface area contributed by atoms with Gasteiger partial charge in [0.2, 0.25) is 0 Å². The van der Waals surface area contributed by atoms with Crippen LogP contribution in [0.25, 0.3) is 10.2 Å². The van der Waals surface area contributed by atoms with Crippen LogP contribution in [-0.2, 0) is 6.18 Å². The normalized spacial score (nSPS) is 13.7. The van der Waals surface area contributed by atoms with Crippen LogP contribution in [0.5, 0.6) is 0 Å². The molecular weight excluding hydrogens is 555 g/mol. The van der Waals surface area contributed by atoms with Crippen molar-refractivity contribution in [1.82, 2.24) is 10.3 Å². The van der Waals surface area contributed by atoms with Gasteiger partial charge in [-0.25, -0.2) is 9.78 Å². The van der Waals surface area contributed by atoms with Gasteiger partial charge in [-0.05, 0) is 73.9 Å². The zero-order valence-corrected chi connectivity index (χ0v) is 22.7. The first-order valence-electron chi connectivity index (χ1n) is 12.9. The van der Waals surface area contributed by atoms with E-state index >= 15 is 0 Å². The molecule has 0 spiro atoms. The molecule has 0 aliphatic heterocycles. The molecule has 0 radical (unpaired) electrons. The molecule has 4 N–H and O–H groups in total. The molecule has 212 valence electrons. The molecule has 41 heavy (non-hydrogen) atoms. The van der Waals surface area contributed by atoms with Crippen molar-refractivity contribution in [2.75, 3.05) is 16.0 Å². The predicted molar refractivity (Wildman–Crippen MR) is 153 cm³/mol. The van der Waals surface area contributed by atoms with Gasteiger partial charge < -0.3 is 16.0 Å². The van der Waals surface area contributed by atoms with Crippen LogP contribution in [0.3, 0.4) is 0 Å². The minimum atomic E-state index is -4.54. The van der Waals surface area contributed by atoms with Gasteiger partial charge in [-0.15, -0.1) is 0 Å². The van der Waals surface area contributed by atoms with E-state index in [0.29, 0.717) is 32.2 Å². The number of hydrogen-bond acceptors (Lipinski definition) is 5. The molecule has 0 saturated heterocycles. The van der Waals surface area contributed by atoms with Crippen LogP contribution in [0.2, 0.25) is 0 Å². The molecule has 8 nitrogen and oxygen atoms in total. The number of aryl methyl sites for hydroxylation is 1. The second kappa shape index (κ2) is 11.6. The first-order chi connectivity index (χ1) is 19.5. The number of carbonyl (C=O) groups excluding carboxylic acids is 3. The van der Waals surface area contributed by atoms with E-state index in [0.717, 1.165) is 37.8 Å².